The van der Waals surface area contributed by atoms with E-state index in [2.05, 4.69) is 15.9 Å². The summed E-state index contributed by atoms with van der Waals surface area (Å²) in [4.78, 5) is -3.40. The van der Waals surface area contributed by atoms with Crippen LogP contribution in [0.3, 0.4) is 0 Å². The zero-order valence-electron chi connectivity index (χ0n) is 8.71. The van der Waals surface area contributed by atoms with Gasteiger partial charge >= 0.3 is 4.83 Å². The van der Waals surface area contributed by atoms with Gasteiger partial charge in [-0.15, -0.1) is 0 Å². The number of rotatable bonds is 4. The zero-order valence-corrected chi connectivity index (χ0v) is 10.3. The average Bonchev–Trinajstić information content (AvgIpc) is 2.26. The van der Waals surface area contributed by atoms with E-state index in [4.69, 9.17) is 9.47 Å². The molecule has 1 atom stereocenters. The lowest BCUT2D eigenvalue weighted by Gasteiger charge is -2.18. The molecule has 0 fully saturated rings. The maximum absolute atomic E-state index is 12.9. The summed E-state index contributed by atoms with van der Waals surface area (Å²) in [5.41, 5.74) is 0.0121. The Bertz CT molecular complexity index is 343. The topological polar surface area (TPSA) is 38.7 Å². The lowest BCUT2D eigenvalue weighted by atomic mass is 10.1. The van der Waals surface area contributed by atoms with Crippen LogP contribution in [0.1, 0.15) is 11.7 Å². The third kappa shape index (κ3) is 3.05. The number of aliphatic hydroxyl groups is 1. The average molecular weight is 297 g/mol. The zero-order chi connectivity index (χ0) is 12.3. The Kier molecular flexibility index (Phi) is 4.09. The highest BCUT2D eigenvalue weighted by atomic mass is 79.9. The molecule has 0 saturated carbocycles. The van der Waals surface area contributed by atoms with Crippen LogP contribution >= 0.6 is 15.9 Å². The van der Waals surface area contributed by atoms with Gasteiger partial charge in [0, 0.05) is 6.07 Å². The van der Waals surface area contributed by atoms with Crippen LogP contribution in [0, 0.1) is 0 Å². The van der Waals surface area contributed by atoms with Crippen molar-refractivity contribution in [1.82, 2.24) is 0 Å². The van der Waals surface area contributed by atoms with Crippen molar-refractivity contribution in [3.05, 3.63) is 23.8 Å². The number of ether oxygens (including phenoxy) is 2. The summed E-state index contributed by atoms with van der Waals surface area (Å²) >= 11 is 2.11. The Labute approximate surface area is 100 Å². The summed E-state index contributed by atoms with van der Waals surface area (Å²) < 4.78 is 35.5. The Hall–Kier alpha value is -0.880. The third-order valence-corrected chi connectivity index (χ3v) is 2.43. The number of halogens is 3. The van der Waals surface area contributed by atoms with Gasteiger partial charge in [0.15, 0.2) is 6.10 Å². The number of alkyl halides is 3. The molecule has 0 aliphatic rings. The van der Waals surface area contributed by atoms with E-state index in [0.717, 1.165) is 0 Å². The van der Waals surface area contributed by atoms with Crippen LogP contribution in [0.15, 0.2) is 18.2 Å². The highest BCUT2D eigenvalue weighted by Gasteiger charge is 2.36. The van der Waals surface area contributed by atoms with Crippen LogP contribution in [0.25, 0.3) is 0 Å². The van der Waals surface area contributed by atoms with Gasteiger partial charge in [0.1, 0.15) is 11.5 Å². The van der Waals surface area contributed by atoms with Crippen molar-refractivity contribution in [2.45, 2.75) is 10.9 Å². The first-order chi connectivity index (χ1) is 7.38. The molecule has 6 heteroatoms. The van der Waals surface area contributed by atoms with Crippen molar-refractivity contribution in [2.75, 3.05) is 14.2 Å². The molecule has 0 amide bonds. The van der Waals surface area contributed by atoms with Crippen LogP contribution in [0.5, 0.6) is 11.5 Å². The van der Waals surface area contributed by atoms with E-state index in [1.165, 1.54) is 32.4 Å². The van der Waals surface area contributed by atoms with Crippen LogP contribution in [-0.4, -0.2) is 24.2 Å². The van der Waals surface area contributed by atoms with E-state index in [0.29, 0.717) is 11.5 Å². The van der Waals surface area contributed by atoms with Gasteiger partial charge in [-0.1, -0.05) is 0 Å². The van der Waals surface area contributed by atoms with E-state index < -0.39 is 10.9 Å². The Morgan fingerprint density at radius 1 is 1.19 bits per heavy atom. The highest BCUT2D eigenvalue weighted by Crippen LogP contribution is 2.38. The van der Waals surface area contributed by atoms with Gasteiger partial charge < -0.3 is 14.6 Å². The van der Waals surface area contributed by atoms with Gasteiger partial charge in [-0.2, -0.15) is 8.78 Å². The summed E-state index contributed by atoms with van der Waals surface area (Å²) in [6.45, 7) is 0. The predicted molar refractivity (Wildman–Crippen MR) is 58.4 cm³/mol. The molecular formula is C10H11BrF2O3. The van der Waals surface area contributed by atoms with Gasteiger partial charge in [0.2, 0.25) is 0 Å². The van der Waals surface area contributed by atoms with Crippen LogP contribution in [0.2, 0.25) is 0 Å². The molecule has 90 valence electrons. The van der Waals surface area contributed by atoms with Crippen molar-refractivity contribution in [2.24, 2.45) is 0 Å². The number of benzene rings is 1. The minimum absolute atomic E-state index is 0.0121. The fraction of sp³-hybridized carbons (Fsp3) is 0.400. The van der Waals surface area contributed by atoms with E-state index in [9.17, 15) is 13.9 Å². The molecule has 3 nitrogen and oxygen atoms in total. The first kappa shape index (κ1) is 13.2. The third-order valence-electron chi connectivity index (χ3n) is 2.00. The van der Waals surface area contributed by atoms with Crippen LogP contribution in [0.4, 0.5) is 8.78 Å². The minimum Gasteiger partial charge on any atom is -0.497 e. The lowest BCUT2D eigenvalue weighted by Crippen LogP contribution is -2.18. The lowest BCUT2D eigenvalue weighted by molar-refractivity contribution is -0.0296. The summed E-state index contributed by atoms with van der Waals surface area (Å²) in [6.07, 6.45) is -1.96. The number of hydrogen-bond acceptors (Lipinski definition) is 3. The second-order valence-corrected chi connectivity index (χ2v) is 4.15. The monoisotopic (exact) mass is 296 g/mol. The molecule has 0 spiro atoms. The smallest absolute Gasteiger partial charge is 0.330 e. The molecule has 0 aliphatic carbocycles. The maximum atomic E-state index is 12.9. The van der Waals surface area contributed by atoms with Crippen molar-refractivity contribution in [3.63, 3.8) is 0 Å². The van der Waals surface area contributed by atoms with Crippen molar-refractivity contribution < 1.29 is 23.4 Å². The molecule has 1 aromatic carbocycles. The Morgan fingerprint density at radius 3 is 1.94 bits per heavy atom. The predicted octanol–water partition coefficient (Wildman–Crippen LogP) is 2.72. The summed E-state index contributed by atoms with van der Waals surface area (Å²) in [5.74, 6) is 0.676. The number of methoxy groups -OCH3 is 2. The molecule has 0 radical (unpaired) electrons. The van der Waals surface area contributed by atoms with Crippen molar-refractivity contribution in [1.29, 1.82) is 0 Å². The summed E-state index contributed by atoms with van der Waals surface area (Å²) in [7, 11) is 2.80. The Balaban J connectivity index is 3.13. The number of aliphatic hydroxyl groups excluding tert-OH is 1. The van der Waals surface area contributed by atoms with Crippen molar-refractivity contribution in [3.8, 4) is 11.5 Å². The maximum Gasteiger partial charge on any atom is 0.330 e. The molecule has 1 N–H and O–H groups in total. The molecule has 0 aliphatic heterocycles. The van der Waals surface area contributed by atoms with Crippen molar-refractivity contribution >= 4 is 15.9 Å². The van der Waals surface area contributed by atoms with E-state index in [1.54, 1.807) is 0 Å². The highest BCUT2D eigenvalue weighted by molar-refractivity contribution is 9.10. The largest absolute Gasteiger partial charge is 0.497 e. The van der Waals surface area contributed by atoms with E-state index >= 15 is 0 Å². The molecule has 1 unspecified atom stereocenters. The molecule has 0 saturated heterocycles. The molecule has 0 aromatic heterocycles. The first-order valence-electron chi connectivity index (χ1n) is 4.36. The minimum atomic E-state index is -3.40. The second-order valence-electron chi connectivity index (χ2n) is 3.09. The Morgan fingerprint density at radius 2 is 1.62 bits per heavy atom. The van der Waals surface area contributed by atoms with Crippen LogP contribution < -0.4 is 9.47 Å². The van der Waals surface area contributed by atoms with Gasteiger partial charge in [-0.05, 0) is 33.6 Å². The molecule has 1 rings (SSSR count). The molecule has 0 heterocycles. The quantitative estimate of drug-likeness (QED) is 0.869. The van der Waals surface area contributed by atoms with Gasteiger partial charge in [0.05, 0.1) is 14.2 Å². The van der Waals surface area contributed by atoms with Gasteiger partial charge in [-0.3, -0.25) is 0 Å². The molecule has 16 heavy (non-hydrogen) atoms. The van der Waals surface area contributed by atoms with Crippen LogP contribution in [-0.2, 0) is 0 Å². The first-order valence-corrected chi connectivity index (χ1v) is 5.15. The fourth-order valence-corrected chi connectivity index (χ4v) is 1.44. The van der Waals surface area contributed by atoms with E-state index in [-0.39, 0.29) is 5.56 Å². The second kappa shape index (κ2) is 4.97. The fourth-order valence-electron chi connectivity index (χ4n) is 1.18. The number of hydrogen-bond donors (Lipinski definition) is 1. The van der Waals surface area contributed by atoms with Gasteiger partial charge in [0.25, 0.3) is 0 Å². The summed E-state index contributed by atoms with van der Waals surface area (Å²) in [6, 6.07) is 4.17. The normalized spacial score (nSPS) is 13.4. The summed E-state index contributed by atoms with van der Waals surface area (Å²) in [5, 5.41) is 9.39. The SMILES string of the molecule is COc1cc(OC)cc(C(O)C(F)(F)Br)c1. The standard InChI is InChI=1S/C10H11BrF2O3/c1-15-7-3-6(4-8(5-7)16-2)9(14)10(11,12)13/h3-5,9,14H,1-2H3. The van der Waals surface area contributed by atoms with Gasteiger partial charge in [-0.25, -0.2) is 0 Å². The molecular weight excluding hydrogens is 286 g/mol. The molecule has 1 aromatic rings. The molecule has 0 bridgehead atoms. The van der Waals surface area contributed by atoms with E-state index in [1.807, 2.05) is 0 Å².